The average Bonchev–Trinajstić information content (AvgIpc) is 3.64. The minimum atomic E-state index is -0.451. The fourth-order valence-corrected chi connectivity index (χ4v) is 6.47. The van der Waals surface area contributed by atoms with E-state index in [0.29, 0.717) is 40.8 Å². The van der Waals surface area contributed by atoms with E-state index in [9.17, 15) is 9.59 Å². The molecule has 240 valence electrons. The van der Waals surface area contributed by atoms with Crippen LogP contribution in [-0.2, 0) is 4.74 Å². The molecule has 1 aliphatic carbocycles. The predicted octanol–water partition coefficient (Wildman–Crippen LogP) is 5.45. The van der Waals surface area contributed by atoms with Crippen LogP contribution < -0.4 is 15.4 Å². The Kier molecular flexibility index (Phi) is 8.93. The number of fused-ring (bicyclic) bond motifs is 2. The third-order valence-electron chi connectivity index (χ3n) is 8.93. The largest absolute Gasteiger partial charge is 0.496 e. The zero-order valence-corrected chi connectivity index (χ0v) is 26.7. The van der Waals surface area contributed by atoms with Crippen molar-refractivity contribution in [2.45, 2.75) is 83.4 Å². The zero-order chi connectivity index (χ0) is 31.6. The molecule has 1 aromatic carbocycles. The van der Waals surface area contributed by atoms with E-state index in [1.165, 1.54) is 0 Å². The molecule has 12 heteroatoms. The van der Waals surface area contributed by atoms with E-state index in [2.05, 4.69) is 25.4 Å². The molecule has 0 radical (unpaired) electrons. The molecule has 2 aliphatic rings. The molecule has 3 aromatic heterocycles. The number of methoxy groups -OCH3 is 1. The van der Waals surface area contributed by atoms with Gasteiger partial charge in [0, 0.05) is 43.0 Å². The molecule has 2 N–H and O–H groups in total. The minimum Gasteiger partial charge on any atom is -0.496 e. The maximum atomic E-state index is 13.3. The number of nitrogens with one attached hydrogen (secondary N) is 2. The lowest BCUT2D eigenvalue weighted by molar-refractivity contribution is 0.0181. The second-order valence-electron chi connectivity index (χ2n) is 13.3. The lowest BCUT2D eigenvalue weighted by atomic mass is 9.90. The van der Waals surface area contributed by atoms with Gasteiger partial charge in [0.15, 0.2) is 11.5 Å². The van der Waals surface area contributed by atoms with Crippen LogP contribution in [0.4, 0.5) is 10.6 Å². The van der Waals surface area contributed by atoms with Crippen LogP contribution in [0, 0.1) is 5.92 Å². The molecular formula is C33H44N8O4. The van der Waals surface area contributed by atoms with Crippen molar-refractivity contribution in [1.82, 2.24) is 34.6 Å². The van der Waals surface area contributed by atoms with Crippen LogP contribution in [0.5, 0.6) is 5.75 Å². The molecule has 0 unspecified atom stereocenters. The maximum Gasteiger partial charge on any atom is 0.410 e. The first-order valence-corrected chi connectivity index (χ1v) is 16.0. The summed E-state index contributed by atoms with van der Waals surface area (Å²) in [4.78, 5) is 31.8. The first-order valence-electron chi connectivity index (χ1n) is 16.0. The SMILES string of the molecule is COc1cc2nn(C3CCC(NCCC4CCN(C(=O)OC(C)(C)C)CC4)CC3)cc2cc1C(=O)Nc1cnc2cccnn12. The van der Waals surface area contributed by atoms with Gasteiger partial charge < -0.3 is 25.0 Å². The number of imidazole rings is 1. The van der Waals surface area contributed by atoms with Crippen LogP contribution in [0.2, 0.25) is 0 Å². The van der Waals surface area contributed by atoms with Gasteiger partial charge in [0.2, 0.25) is 0 Å². The Morgan fingerprint density at radius 2 is 1.84 bits per heavy atom. The highest BCUT2D eigenvalue weighted by Crippen LogP contribution is 2.32. The number of benzene rings is 1. The molecule has 4 heterocycles. The lowest BCUT2D eigenvalue weighted by Gasteiger charge is -2.34. The number of ether oxygens (including phenoxy) is 2. The number of anilines is 1. The normalized spacial score (nSPS) is 19.6. The highest BCUT2D eigenvalue weighted by Gasteiger charge is 2.28. The van der Waals surface area contributed by atoms with Gasteiger partial charge in [0.25, 0.3) is 5.91 Å². The van der Waals surface area contributed by atoms with Gasteiger partial charge in [0.05, 0.1) is 30.4 Å². The number of carbonyl (C=O) groups excluding carboxylic acids is 2. The highest BCUT2D eigenvalue weighted by molar-refractivity contribution is 6.08. The van der Waals surface area contributed by atoms with Crippen LogP contribution in [0.15, 0.2) is 42.9 Å². The van der Waals surface area contributed by atoms with E-state index >= 15 is 0 Å². The molecule has 12 nitrogen and oxygen atoms in total. The number of amides is 2. The number of aromatic nitrogens is 5. The third kappa shape index (κ3) is 7.22. The second-order valence-corrected chi connectivity index (χ2v) is 13.3. The first kappa shape index (κ1) is 30.8. The second kappa shape index (κ2) is 13.0. The molecular weight excluding hydrogens is 572 g/mol. The smallest absolute Gasteiger partial charge is 0.410 e. The third-order valence-corrected chi connectivity index (χ3v) is 8.93. The van der Waals surface area contributed by atoms with Crippen molar-refractivity contribution in [3.8, 4) is 5.75 Å². The summed E-state index contributed by atoms with van der Waals surface area (Å²) < 4.78 is 14.8. The van der Waals surface area contributed by atoms with Crippen molar-refractivity contribution < 1.29 is 19.1 Å². The summed E-state index contributed by atoms with van der Waals surface area (Å²) in [6.45, 7) is 8.29. The van der Waals surface area contributed by atoms with Crippen molar-refractivity contribution in [2.75, 3.05) is 32.1 Å². The topological polar surface area (TPSA) is 128 Å². The molecule has 2 amide bonds. The predicted molar refractivity (Wildman–Crippen MR) is 172 cm³/mol. The summed E-state index contributed by atoms with van der Waals surface area (Å²) >= 11 is 0. The van der Waals surface area contributed by atoms with E-state index in [1.54, 1.807) is 30.1 Å². The number of piperidine rings is 1. The lowest BCUT2D eigenvalue weighted by Crippen LogP contribution is -2.42. The Hall–Kier alpha value is -4.19. The first-order chi connectivity index (χ1) is 21.7. The Balaban J connectivity index is 0.991. The fourth-order valence-electron chi connectivity index (χ4n) is 6.47. The summed E-state index contributed by atoms with van der Waals surface area (Å²) in [7, 11) is 1.56. The van der Waals surface area contributed by atoms with Gasteiger partial charge in [-0.05, 0) is 96.4 Å². The van der Waals surface area contributed by atoms with Crippen molar-refractivity contribution in [3.63, 3.8) is 0 Å². The van der Waals surface area contributed by atoms with Crippen molar-refractivity contribution in [1.29, 1.82) is 0 Å². The van der Waals surface area contributed by atoms with Crippen molar-refractivity contribution in [3.05, 3.63) is 48.4 Å². The quantitative estimate of drug-likeness (QED) is 0.268. The molecule has 1 aliphatic heterocycles. The summed E-state index contributed by atoms with van der Waals surface area (Å²) in [5, 5.41) is 16.7. The molecule has 45 heavy (non-hydrogen) atoms. The highest BCUT2D eigenvalue weighted by atomic mass is 16.6. The summed E-state index contributed by atoms with van der Waals surface area (Å²) in [6.07, 6.45) is 12.6. The van der Waals surface area contributed by atoms with Gasteiger partial charge in [-0.3, -0.25) is 9.48 Å². The van der Waals surface area contributed by atoms with E-state index in [4.69, 9.17) is 14.6 Å². The Morgan fingerprint density at radius 3 is 2.58 bits per heavy atom. The van der Waals surface area contributed by atoms with E-state index in [1.807, 2.05) is 50.1 Å². The molecule has 4 aromatic rings. The van der Waals surface area contributed by atoms with Gasteiger partial charge in [-0.2, -0.15) is 14.7 Å². The molecule has 2 fully saturated rings. The summed E-state index contributed by atoms with van der Waals surface area (Å²) in [5.74, 6) is 1.30. The van der Waals surface area contributed by atoms with Gasteiger partial charge in [-0.1, -0.05) is 0 Å². The summed E-state index contributed by atoms with van der Waals surface area (Å²) in [5.41, 5.74) is 1.43. The molecule has 0 atom stereocenters. The maximum absolute atomic E-state index is 13.3. The Morgan fingerprint density at radius 1 is 1.07 bits per heavy atom. The van der Waals surface area contributed by atoms with Crippen molar-refractivity contribution >= 4 is 34.4 Å². The van der Waals surface area contributed by atoms with Crippen LogP contribution in [0.3, 0.4) is 0 Å². The number of likely N-dealkylation sites (tertiary alicyclic amines) is 1. The number of carbonyl (C=O) groups is 2. The molecule has 1 saturated carbocycles. The van der Waals surface area contributed by atoms with Crippen molar-refractivity contribution in [2.24, 2.45) is 5.92 Å². The van der Waals surface area contributed by atoms with Gasteiger partial charge >= 0.3 is 6.09 Å². The standard InChI is InChI=1S/C33H44N8O4/c1-33(2,3)45-32(43)39-16-12-22(13-17-39)11-15-34-24-7-9-25(10-8-24)40-21-23-18-26(28(44-4)19-27(23)38-40)31(42)37-30-20-35-29-6-5-14-36-41(29)30/h5-6,14,18-22,24-25,34H,7-13,15-17H2,1-4H3,(H,37,42). The minimum absolute atomic E-state index is 0.191. The van der Waals surface area contributed by atoms with Gasteiger partial charge in [-0.25, -0.2) is 9.78 Å². The fraction of sp³-hybridized carbons (Fsp3) is 0.545. The number of nitrogens with zero attached hydrogens (tertiary/aromatic N) is 6. The number of rotatable bonds is 8. The van der Waals surface area contributed by atoms with Crippen LogP contribution in [0.25, 0.3) is 16.6 Å². The monoisotopic (exact) mass is 616 g/mol. The summed E-state index contributed by atoms with van der Waals surface area (Å²) in [6, 6.07) is 8.13. The van der Waals surface area contributed by atoms with E-state index < -0.39 is 5.60 Å². The Bertz CT molecular complexity index is 1640. The number of hydrogen-bond donors (Lipinski definition) is 2. The van der Waals surface area contributed by atoms with Gasteiger partial charge in [-0.15, -0.1) is 0 Å². The van der Waals surface area contributed by atoms with E-state index in [-0.39, 0.29) is 12.0 Å². The Labute approximate surface area is 263 Å². The van der Waals surface area contributed by atoms with Gasteiger partial charge in [0.1, 0.15) is 11.4 Å². The number of hydrogen-bond acceptors (Lipinski definition) is 8. The molecule has 0 spiro atoms. The zero-order valence-electron chi connectivity index (χ0n) is 26.7. The molecule has 6 rings (SSSR count). The average molecular weight is 617 g/mol. The molecule has 1 saturated heterocycles. The van der Waals surface area contributed by atoms with Crippen LogP contribution >= 0.6 is 0 Å². The van der Waals surface area contributed by atoms with Crippen LogP contribution in [0.1, 0.15) is 82.1 Å². The molecule has 0 bridgehead atoms. The van der Waals surface area contributed by atoms with E-state index in [0.717, 1.165) is 75.5 Å². The van der Waals surface area contributed by atoms with Crippen LogP contribution in [-0.4, -0.2) is 79.7 Å².